The third-order valence-electron chi connectivity index (χ3n) is 5.29. The zero-order valence-electron chi connectivity index (χ0n) is 14.5. The molecule has 1 aromatic carbocycles. The van der Waals surface area contributed by atoms with E-state index in [1.807, 2.05) is 13.8 Å². The molecule has 25 heavy (non-hydrogen) atoms. The maximum absolute atomic E-state index is 12.7. The van der Waals surface area contributed by atoms with Gasteiger partial charge in [0.15, 0.2) is 0 Å². The maximum atomic E-state index is 12.7. The molecule has 0 spiro atoms. The van der Waals surface area contributed by atoms with E-state index in [4.69, 9.17) is 4.74 Å². The molecule has 4 atom stereocenters. The van der Waals surface area contributed by atoms with Crippen LogP contribution in [0, 0.1) is 11.8 Å². The fourth-order valence-electron chi connectivity index (χ4n) is 3.87. The van der Waals surface area contributed by atoms with Crippen LogP contribution in [0.25, 0.3) is 0 Å². The van der Waals surface area contributed by atoms with Gasteiger partial charge in [0.05, 0.1) is 17.8 Å². The molecule has 1 aliphatic carbocycles. The number of hydrogen-bond acceptors (Lipinski definition) is 2. The molecule has 1 saturated carbocycles. The molecule has 1 N–H and O–H groups in total. The van der Waals surface area contributed by atoms with Crippen molar-refractivity contribution in [1.82, 2.24) is 5.32 Å². The number of carbonyl (C=O) groups excluding carboxylic acids is 1. The number of rotatable bonds is 3. The summed E-state index contributed by atoms with van der Waals surface area (Å²) in [4.78, 5) is 12.1. The Labute approximate surface area is 145 Å². The minimum Gasteiger partial charge on any atom is -0.370 e. The van der Waals surface area contributed by atoms with Crippen LogP contribution in [0.15, 0.2) is 24.3 Å². The van der Waals surface area contributed by atoms with Gasteiger partial charge in [-0.1, -0.05) is 32.4 Å². The SMILES string of the molecule is CC(C)C(=O)N[C@@H]1C[C@H](c2ccc(C(F)(F)F)cc2)O[C@@H]2CCC[C@@H]12. The van der Waals surface area contributed by atoms with Crippen LogP contribution in [0.5, 0.6) is 0 Å². The molecule has 1 aromatic rings. The van der Waals surface area contributed by atoms with Crippen LogP contribution in [-0.2, 0) is 15.7 Å². The second-order valence-electron chi connectivity index (χ2n) is 7.38. The van der Waals surface area contributed by atoms with Crippen LogP contribution in [0.4, 0.5) is 13.2 Å². The lowest BCUT2D eigenvalue weighted by Gasteiger charge is -2.40. The number of benzene rings is 1. The Morgan fingerprint density at radius 3 is 2.48 bits per heavy atom. The normalized spacial score (nSPS) is 29.5. The lowest BCUT2D eigenvalue weighted by Crippen LogP contribution is -2.49. The molecule has 0 aromatic heterocycles. The topological polar surface area (TPSA) is 38.3 Å². The van der Waals surface area contributed by atoms with E-state index < -0.39 is 11.7 Å². The first-order chi connectivity index (χ1) is 11.8. The minimum absolute atomic E-state index is 0.0171. The van der Waals surface area contributed by atoms with Crippen LogP contribution in [0.3, 0.4) is 0 Å². The molecule has 0 unspecified atom stereocenters. The summed E-state index contributed by atoms with van der Waals surface area (Å²) in [6.07, 6.45) is -0.925. The summed E-state index contributed by atoms with van der Waals surface area (Å²) in [5.74, 6) is 0.226. The van der Waals surface area contributed by atoms with Gasteiger partial charge in [-0.3, -0.25) is 4.79 Å². The van der Waals surface area contributed by atoms with E-state index in [1.54, 1.807) is 0 Å². The van der Waals surface area contributed by atoms with E-state index in [0.29, 0.717) is 12.3 Å². The van der Waals surface area contributed by atoms with Crippen LogP contribution in [0.2, 0.25) is 0 Å². The van der Waals surface area contributed by atoms with E-state index in [1.165, 1.54) is 12.1 Å². The molecule has 0 bridgehead atoms. The van der Waals surface area contributed by atoms with Crippen molar-refractivity contribution in [3.8, 4) is 0 Å². The zero-order valence-corrected chi connectivity index (χ0v) is 14.5. The summed E-state index contributed by atoms with van der Waals surface area (Å²) < 4.78 is 44.4. The highest BCUT2D eigenvalue weighted by Crippen LogP contribution is 2.43. The number of halogens is 3. The van der Waals surface area contributed by atoms with Crippen LogP contribution >= 0.6 is 0 Å². The Bertz CT molecular complexity index is 612. The predicted molar refractivity (Wildman–Crippen MR) is 87.8 cm³/mol. The van der Waals surface area contributed by atoms with Crippen LogP contribution < -0.4 is 5.32 Å². The summed E-state index contributed by atoms with van der Waals surface area (Å²) in [6, 6.07) is 5.19. The molecular formula is C19H24F3NO2. The number of nitrogens with one attached hydrogen (secondary N) is 1. The predicted octanol–water partition coefficient (Wildman–Crippen LogP) is 4.48. The van der Waals surface area contributed by atoms with Gasteiger partial charge in [-0.25, -0.2) is 0 Å². The molecule has 1 saturated heterocycles. The third-order valence-corrected chi connectivity index (χ3v) is 5.29. The Hall–Kier alpha value is -1.56. The summed E-state index contributed by atoms with van der Waals surface area (Å²) in [6.45, 7) is 3.71. The average Bonchev–Trinajstić information content (AvgIpc) is 3.02. The van der Waals surface area contributed by atoms with Gasteiger partial charge < -0.3 is 10.1 Å². The van der Waals surface area contributed by atoms with Crippen molar-refractivity contribution < 1.29 is 22.7 Å². The van der Waals surface area contributed by atoms with Gasteiger partial charge in [-0.15, -0.1) is 0 Å². The standard InChI is InChI=1S/C19H24F3NO2/c1-11(2)18(24)23-15-10-17(25-16-5-3-4-14(15)16)12-6-8-13(9-7-12)19(20,21)22/h6-9,11,14-17H,3-5,10H2,1-2H3,(H,23,24)/t14-,15+,16+,17+/m0/s1. The molecular weight excluding hydrogens is 331 g/mol. The summed E-state index contributed by atoms with van der Waals surface area (Å²) in [5.41, 5.74) is 0.0811. The summed E-state index contributed by atoms with van der Waals surface area (Å²) in [7, 11) is 0. The molecule has 1 aliphatic heterocycles. The lowest BCUT2D eigenvalue weighted by molar-refractivity contribution is -0.137. The molecule has 1 heterocycles. The van der Waals surface area contributed by atoms with Crippen molar-refractivity contribution in [2.45, 2.75) is 64.0 Å². The number of ether oxygens (including phenoxy) is 1. The molecule has 1 amide bonds. The van der Waals surface area contributed by atoms with Crippen molar-refractivity contribution in [1.29, 1.82) is 0 Å². The highest BCUT2D eigenvalue weighted by Gasteiger charge is 2.42. The Morgan fingerprint density at radius 1 is 1.20 bits per heavy atom. The first-order valence-corrected chi connectivity index (χ1v) is 8.88. The second-order valence-corrected chi connectivity index (χ2v) is 7.38. The van der Waals surface area contributed by atoms with Crippen molar-refractivity contribution in [2.75, 3.05) is 0 Å². The van der Waals surface area contributed by atoms with E-state index >= 15 is 0 Å². The Balaban J connectivity index is 1.76. The van der Waals surface area contributed by atoms with Gasteiger partial charge in [0.1, 0.15) is 0 Å². The monoisotopic (exact) mass is 355 g/mol. The van der Waals surface area contributed by atoms with E-state index in [-0.39, 0.29) is 30.1 Å². The number of alkyl halides is 3. The fourth-order valence-corrected chi connectivity index (χ4v) is 3.87. The molecule has 3 nitrogen and oxygen atoms in total. The molecule has 2 aliphatic rings. The zero-order chi connectivity index (χ0) is 18.2. The third kappa shape index (κ3) is 4.00. The largest absolute Gasteiger partial charge is 0.416 e. The first-order valence-electron chi connectivity index (χ1n) is 8.88. The summed E-state index contributed by atoms with van der Waals surface area (Å²) >= 11 is 0. The lowest BCUT2D eigenvalue weighted by atomic mass is 9.86. The Morgan fingerprint density at radius 2 is 1.88 bits per heavy atom. The van der Waals surface area contributed by atoms with Crippen LogP contribution in [0.1, 0.15) is 56.8 Å². The minimum atomic E-state index is -4.34. The molecule has 6 heteroatoms. The average molecular weight is 355 g/mol. The molecule has 3 rings (SSSR count). The number of fused-ring (bicyclic) bond motifs is 1. The number of amides is 1. The van der Waals surface area contributed by atoms with Crippen molar-refractivity contribution in [3.05, 3.63) is 35.4 Å². The molecule has 138 valence electrons. The van der Waals surface area contributed by atoms with E-state index in [0.717, 1.165) is 37.0 Å². The number of carbonyl (C=O) groups is 1. The summed E-state index contributed by atoms with van der Waals surface area (Å²) in [5, 5.41) is 3.13. The second kappa shape index (κ2) is 6.98. The van der Waals surface area contributed by atoms with Gasteiger partial charge in [-0.2, -0.15) is 13.2 Å². The number of hydrogen-bond donors (Lipinski definition) is 1. The van der Waals surface area contributed by atoms with E-state index in [9.17, 15) is 18.0 Å². The smallest absolute Gasteiger partial charge is 0.370 e. The molecule has 2 fully saturated rings. The Kier molecular flexibility index (Phi) is 5.09. The quantitative estimate of drug-likeness (QED) is 0.868. The van der Waals surface area contributed by atoms with Gasteiger partial charge in [0, 0.05) is 17.9 Å². The highest BCUT2D eigenvalue weighted by atomic mass is 19.4. The van der Waals surface area contributed by atoms with Crippen LogP contribution in [-0.4, -0.2) is 18.1 Å². The maximum Gasteiger partial charge on any atom is 0.416 e. The fraction of sp³-hybridized carbons (Fsp3) is 0.632. The van der Waals surface area contributed by atoms with Gasteiger partial charge >= 0.3 is 6.18 Å². The highest BCUT2D eigenvalue weighted by molar-refractivity contribution is 5.78. The van der Waals surface area contributed by atoms with Crippen molar-refractivity contribution in [3.63, 3.8) is 0 Å². The van der Waals surface area contributed by atoms with Crippen molar-refractivity contribution in [2.24, 2.45) is 11.8 Å². The van der Waals surface area contributed by atoms with Gasteiger partial charge in [-0.05, 0) is 37.0 Å². The van der Waals surface area contributed by atoms with Gasteiger partial charge in [0.2, 0.25) is 5.91 Å². The molecule has 0 radical (unpaired) electrons. The van der Waals surface area contributed by atoms with E-state index in [2.05, 4.69) is 5.32 Å². The van der Waals surface area contributed by atoms with Gasteiger partial charge in [0.25, 0.3) is 0 Å². The first kappa shape index (κ1) is 18.2. The van der Waals surface area contributed by atoms with Crippen molar-refractivity contribution >= 4 is 5.91 Å².